The van der Waals surface area contributed by atoms with Crippen molar-refractivity contribution in [2.24, 2.45) is 11.1 Å². The van der Waals surface area contributed by atoms with Crippen LogP contribution < -0.4 is 5.73 Å². The highest BCUT2D eigenvalue weighted by atomic mass is 16.1. The predicted octanol–water partition coefficient (Wildman–Crippen LogP) is 3.19. The monoisotopic (exact) mass is 257 g/mol. The first kappa shape index (κ1) is 12.9. The number of nitrogens with two attached hydrogens (primary N) is 1. The van der Waals surface area contributed by atoms with Crippen LogP contribution in [0.4, 0.5) is 0 Å². The molecule has 0 heterocycles. The lowest BCUT2D eigenvalue weighted by Crippen LogP contribution is -2.41. The molecule has 1 fully saturated rings. The third-order valence-electron chi connectivity index (χ3n) is 5.19. The van der Waals surface area contributed by atoms with Crippen LogP contribution in [0.2, 0.25) is 0 Å². The maximum Gasteiger partial charge on any atom is 0.140 e. The first-order valence-corrected chi connectivity index (χ1v) is 7.56. The van der Waals surface area contributed by atoms with Gasteiger partial charge in [-0.2, -0.15) is 0 Å². The van der Waals surface area contributed by atoms with E-state index in [2.05, 4.69) is 24.3 Å². The van der Waals surface area contributed by atoms with Gasteiger partial charge in [-0.05, 0) is 36.3 Å². The first-order valence-electron chi connectivity index (χ1n) is 7.56. The molecule has 2 nitrogen and oxygen atoms in total. The average Bonchev–Trinajstić information content (AvgIpc) is 2.45. The summed E-state index contributed by atoms with van der Waals surface area (Å²) < 4.78 is 0. The number of hydrogen-bond acceptors (Lipinski definition) is 2. The van der Waals surface area contributed by atoms with Gasteiger partial charge in [-0.1, -0.05) is 43.5 Å². The molecule has 2 heteroatoms. The minimum absolute atomic E-state index is 0.192. The molecule has 3 rings (SSSR count). The molecule has 0 radical (unpaired) electrons. The van der Waals surface area contributed by atoms with Crippen LogP contribution in [-0.4, -0.2) is 12.3 Å². The topological polar surface area (TPSA) is 43.1 Å². The van der Waals surface area contributed by atoms with Crippen molar-refractivity contribution in [3.63, 3.8) is 0 Å². The molecule has 0 saturated heterocycles. The minimum atomic E-state index is -0.192. The largest absolute Gasteiger partial charge is 0.329 e. The summed E-state index contributed by atoms with van der Waals surface area (Å²) >= 11 is 0. The van der Waals surface area contributed by atoms with Crippen LogP contribution in [0, 0.1) is 5.41 Å². The quantitative estimate of drug-likeness (QED) is 0.900. The normalized spacial score (nSPS) is 24.4. The van der Waals surface area contributed by atoms with E-state index in [1.807, 2.05) is 0 Å². The number of ketones is 1. The van der Waals surface area contributed by atoms with Crippen molar-refractivity contribution < 1.29 is 4.79 Å². The van der Waals surface area contributed by atoms with Crippen LogP contribution in [0.15, 0.2) is 24.3 Å². The molecule has 2 N–H and O–H groups in total. The number of carbonyl (C=O) groups is 1. The highest BCUT2D eigenvalue weighted by Gasteiger charge is 2.40. The standard InChI is InChI=1S/C17H23NO/c18-12-17(8-4-1-5-9-17)16(19)11-14-10-13-6-2-3-7-15(13)14/h2-3,6-7,14H,1,4-5,8-12,18H2. The van der Waals surface area contributed by atoms with Crippen molar-refractivity contribution in [2.75, 3.05) is 6.54 Å². The fraction of sp³-hybridized carbons (Fsp3) is 0.588. The number of hydrogen-bond donors (Lipinski definition) is 1. The SMILES string of the molecule is NCC1(C(=O)CC2Cc3ccccc32)CCCCC1. The van der Waals surface area contributed by atoms with E-state index >= 15 is 0 Å². The van der Waals surface area contributed by atoms with Crippen molar-refractivity contribution in [1.82, 2.24) is 0 Å². The van der Waals surface area contributed by atoms with Gasteiger partial charge in [-0.3, -0.25) is 4.79 Å². The Labute approximate surface area is 115 Å². The zero-order chi connectivity index (χ0) is 13.3. The van der Waals surface area contributed by atoms with Gasteiger partial charge in [0.25, 0.3) is 0 Å². The van der Waals surface area contributed by atoms with Crippen LogP contribution in [0.25, 0.3) is 0 Å². The van der Waals surface area contributed by atoms with E-state index in [4.69, 9.17) is 5.73 Å². The van der Waals surface area contributed by atoms with E-state index in [1.165, 1.54) is 30.4 Å². The van der Waals surface area contributed by atoms with E-state index in [1.54, 1.807) is 0 Å². The summed E-state index contributed by atoms with van der Waals surface area (Å²) in [4.78, 5) is 12.7. The number of fused-ring (bicyclic) bond motifs is 1. The predicted molar refractivity (Wildman–Crippen MR) is 77.1 cm³/mol. The number of benzene rings is 1. The van der Waals surface area contributed by atoms with Gasteiger partial charge in [0.1, 0.15) is 5.78 Å². The summed E-state index contributed by atoms with van der Waals surface area (Å²) in [6.45, 7) is 0.542. The summed E-state index contributed by atoms with van der Waals surface area (Å²) in [5.41, 5.74) is 8.57. The van der Waals surface area contributed by atoms with Crippen molar-refractivity contribution in [2.45, 2.75) is 50.9 Å². The second kappa shape index (κ2) is 5.09. The summed E-state index contributed by atoms with van der Waals surface area (Å²) in [6.07, 6.45) is 7.40. The number of Topliss-reactive ketones (excluding diaryl/α,β-unsaturated/α-hetero) is 1. The summed E-state index contributed by atoms with van der Waals surface area (Å²) in [5, 5.41) is 0. The maximum atomic E-state index is 12.7. The number of rotatable bonds is 4. The summed E-state index contributed by atoms with van der Waals surface area (Å²) in [7, 11) is 0. The molecule has 1 atom stereocenters. The van der Waals surface area contributed by atoms with Gasteiger partial charge in [-0.25, -0.2) is 0 Å². The Morgan fingerprint density at radius 2 is 1.95 bits per heavy atom. The molecule has 1 aromatic carbocycles. The second-order valence-electron chi connectivity index (χ2n) is 6.27. The van der Waals surface area contributed by atoms with Gasteiger partial charge in [0.2, 0.25) is 0 Å². The van der Waals surface area contributed by atoms with Crippen LogP contribution in [0.5, 0.6) is 0 Å². The lowest BCUT2D eigenvalue weighted by molar-refractivity contribution is -0.130. The van der Waals surface area contributed by atoms with Gasteiger partial charge >= 0.3 is 0 Å². The molecule has 1 aromatic rings. The fourth-order valence-electron chi connectivity index (χ4n) is 3.81. The van der Waals surface area contributed by atoms with Gasteiger partial charge in [0.05, 0.1) is 0 Å². The Hall–Kier alpha value is -1.15. The summed E-state index contributed by atoms with van der Waals surface area (Å²) in [6, 6.07) is 8.51. The lowest BCUT2D eigenvalue weighted by Gasteiger charge is -2.38. The minimum Gasteiger partial charge on any atom is -0.329 e. The molecule has 19 heavy (non-hydrogen) atoms. The molecule has 2 aliphatic carbocycles. The first-order chi connectivity index (χ1) is 9.25. The fourth-order valence-corrected chi connectivity index (χ4v) is 3.81. The third-order valence-corrected chi connectivity index (χ3v) is 5.19. The Bertz CT molecular complexity index is 474. The third kappa shape index (κ3) is 2.23. The van der Waals surface area contributed by atoms with Gasteiger partial charge < -0.3 is 5.73 Å². The molecule has 0 amide bonds. The molecule has 1 unspecified atom stereocenters. The molecule has 0 aliphatic heterocycles. The van der Waals surface area contributed by atoms with Crippen molar-refractivity contribution in [1.29, 1.82) is 0 Å². The molecular weight excluding hydrogens is 234 g/mol. The average molecular weight is 257 g/mol. The van der Waals surface area contributed by atoms with E-state index in [0.29, 0.717) is 24.7 Å². The van der Waals surface area contributed by atoms with Crippen molar-refractivity contribution in [3.8, 4) is 0 Å². The van der Waals surface area contributed by atoms with E-state index in [9.17, 15) is 4.79 Å². The van der Waals surface area contributed by atoms with E-state index < -0.39 is 0 Å². The highest BCUT2D eigenvalue weighted by Crippen LogP contribution is 2.43. The Morgan fingerprint density at radius 1 is 1.21 bits per heavy atom. The Morgan fingerprint density at radius 3 is 2.63 bits per heavy atom. The zero-order valence-corrected chi connectivity index (χ0v) is 11.5. The van der Waals surface area contributed by atoms with Gasteiger partial charge in [-0.15, -0.1) is 0 Å². The second-order valence-corrected chi connectivity index (χ2v) is 6.27. The zero-order valence-electron chi connectivity index (χ0n) is 11.5. The molecule has 2 aliphatic rings. The number of carbonyl (C=O) groups excluding carboxylic acids is 1. The van der Waals surface area contributed by atoms with Crippen LogP contribution in [-0.2, 0) is 11.2 Å². The molecule has 102 valence electrons. The van der Waals surface area contributed by atoms with Gasteiger partial charge in [0.15, 0.2) is 0 Å². The van der Waals surface area contributed by atoms with Crippen LogP contribution >= 0.6 is 0 Å². The van der Waals surface area contributed by atoms with Crippen LogP contribution in [0.3, 0.4) is 0 Å². The molecule has 0 aromatic heterocycles. The molecule has 0 bridgehead atoms. The van der Waals surface area contributed by atoms with Gasteiger partial charge in [0, 0.05) is 18.4 Å². The Kier molecular flexibility index (Phi) is 3.44. The molecule has 0 spiro atoms. The lowest BCUT2D eigenvalue weighted by atomic mass is 9.66. The molecular formula is C17H23NO. The van der Waals surface area contributed by atoms with Crippen molar-refractivity contribution >= 4 is 5.78 Å². The van der Waals surface area contributed by atoms with Crippen LogP contribution in [0.1, 0.15) is 55.6 Å². The highest BCUT2D eigenvalue weighted by molar-refractivity contribution is 5.86. The van der Waals surface area contributed by atoms with E-state index in [-0.39, 0.29) is 5.41 Å². The van der Waals surface area contributed by atoms with Crippen molar-refractivity contribution in [3.05, 3.63) is 35.4 Å². The summed E-state index contributed by atoms with van der Waals surface area (Å²) in [5.74, 6) is 0.878. The Balaban J connectivity index is 1.69. The molecule has 1 saturated carbocycles. The van der Waals surface area contributed by atoms with E-state index in [0.717, 1.165) is 19.3 Å². The smallest absolute Gasteiger partial charge is 0.140 e. The maximum absolute atomic E-state index is 12.7.